The monoisotopic (exact) mass is 304 g/mol. The van der Waals surface area contributed by atoms with Crippen LogP contribution in [0, 0.1) is 0 Å². The van der Waals surface area contributed by atoms with Crippen molar-refractivity contribution in [2.75, 3.05) is 18.3 Å². The molecule has 0 bridgehead atoms. The molecule has 110 valence electrons. The van der Waals surface area contributed by atoms with E-state index in [0.29, 0.717) is 20.0 Å². The summed E-state index contributed by atoms with van der Waals surface area (Å²) in [6, 6.07) is 0. The maximum absolute atomic E-state index is 10.0. The molecule has 0 aromatic carbocycles. The molecule has 6 N–H and O–H groups in total. The Morgan fingerprint density at radius 2 is 2.25 bits per heavy atom. The fraction of sp³-hybridized carbons (Fsp3) is 0.667. The molecule has 0 spiro atoms. The predicted octanol–water partition coefficient (Wildman–Crippen LogP) is -2.45. The quantitative estimate of drug-likeness (QED) is 0.299. The second-order valence-electron chi connectivity index (χ2n) is 4.66. The third kappa shape index (κ3) is 1.97. The minimum atomic E-state index is -1.20. The number of anilines is 1. The Bertz CT molecular complexity index is 551. The first-order valence-corrected chi connectivity index (χ1v) is 6.73. The first-order chi connectivity index (χ1) is 9.52. The van der Waals surface area contributed by atoms with Crippen molar-refractivity contribution in [1.29, 1.82) is 0 Å². The van der Waals surface area contributed by atoms with Gasteiger partial charge in [-0.05, 0) is 0 Å². The predicted molar refractivity (Wildman–Crippen MR) is 66.5 cm³/mol. The lowest BCUT2D eigenvalue weighted by atomic mass is 10.1. The Morgan fingerprint density at radius 3 is 2.90 bits per heavy atom. The molecular formula is C9H15N5O5P+. The van der Waals surface area contributed by atoms with E-state index in [4.69, 9.17) is 15.7 Å². The van der Waals surface area contributed by atoms with Gasteiger partial charge in [0.2, 0.25) is 6.21 Å². The average molecular weight is 304 g/mol. The van der Waals surface area contributed by atoms with E-state index in [0.717, 1.165) is 5.06 Å². The Labute approximate surface area is 115 Å². The number of aromatic nitrogens is 2. The van der Waals surface area contributed by atoms with Crippen LogP contribution in [0.1, 0.15) is 11.9 Å². The van der Waals surface area contributed by atoms with Crippen LogP contribution in [-0.2, 0) is 4.74 Å². The van der Waals surface area contributed by atoms with Crippen LogP contribution < -0.4 is 10.9 Å². The molecule has 0 unspecified atom stereocenters. The van der Waals surface area contributed by atoms with Gasteiger partial charge in [-0.1, -0.05) is 0 Å². The van der Waals surface area contributed by atoms with Gasteiger partial charge in [-0.15, -0.1) is 4.68 Å². The highest BCUT2D eigenvalue weighted by atomic mass is 31.1. The van der Waals surface area contributed by atoms with Crippen LogP contribution in [-0.4, -0.2) is 72.1 Å². The minimum absolute atomic E-state index is 0.0711. The van der Waals surface area contributed by atoms with Crippen molar-refractivity contribution in [3.8, 4) is 0 Å². The number of rotatable bonds is 2. The zero-order chi connectivity index (χ0) is 14.4. The summed E-state index contributed by atoms with van der Waals surface area (Å²) in [5.74, 6) is 5.95. The smallest absolute Gasteiger partial charge is 0.270 e. The number of nitrogens with two attached hydrogens (primary N) is 1. The standard InChI is InChI=1S/C9H15N5O5P/c10-12-1-4-8(13(18)3-12)11-20-14(4)9-7(17)6(16)5(2-15)19-9/h1,5-7,9,15-18H,2-3,10H2/q+1/t5-,6-,7-,9-/m1/s1. The van der Waals surface area contributed by atoms with Crippen LogP contribution in [0.15, 0.2) is 0 Å². The van der Waals surface area contributed by atoms with Gasteiger partial charge < -0.3 is 20.1 Å². The maximum atomic E-state index is 10.0. The lowest BCUT2D eigenvalue weighted by Crippen LogP contribution is -2.39. The Kier molecular flexibility index (Phi) is 3.36. The molecule has 20 heavy (non-hydrogen) atoms. The number of hydrogen-bond acceptors (Lipinski definition) is 8. The molecule has 0 radical (unpaired) electrons. The summed E-state index contributed by atoms with van der Waals surface area (Å²) < 4.78 is 12.3. The SMILES string of the molecule is N[N+]1=Cc2c(npn2[C@@H]2O[C@H](CO)[C@@H](O)[C@H]2O)N(O)C1. The molecule has 4 atom stereocenters. The zero-order valence-electron chi connectivity index (χ0n) is 10.3. The molecule has 3 heterocycles. The van der Waals surface area contributed by atoms with E-state index in [1.807, 2.05) is 0 Å². The largest absolute Gasteiger partial charge is 0.394 e. The van der Waals surface area contributed by atoms with Crippen LogP contribution in [0.4, 0.5) is 5.82 Å². The summed E-state index contributed by atoms with van der Waals surface area (Å²) >= 11 is 0. The highest BCUT2D eigenvalue weighted by Crippen LogP contribution is 2.35. The van der Waals surface area contributed by atoms with Gasteiger partial charge in [0.1, 0.15) is 26.8 Å². The Hall–Kier alpha value is -1.29. The summed E-state index contributed by atoms with van der Waals surface area (Å²) in [6.45, 7) is -0.330. The van der Waals surface area contributed by atoms with Crippen molar-refractivity contribution in [3.05, 3.63) is 5.69 Å². The Morgan fingerprint density at radius 1 is 1.50 bits per heavy atom. The first-order valence-electron chi connectivity index (χ1n) is 5.93. The molecular weight excluding hydrogens is 289 g/mol. The van der Waals surface area contributed by atoms with Gasteiger partial charge in [-0.3, -0.25) is 9.54 Å². The van der Waals surface area contributed by atoms with Crippen LogP contribution in [0.5, 0.6) is 0 Å². The number of hydrogen-bond donors (Lipinski definition) is 5. The summed E-state index contributed by atoms with van der Waals surface area (Å²) in [6.07, 6.45) is -2.57. The van der Waals surface area contributed by atoms with Crippen molar-refractivity contribution < 1.29 is 29.9 Å². The average Bonchev–Trinajstić information content (AvgIpc) is 2.93. The van der Waals surface area contributed by atoms with Crippen LogP contribution in [0.3, 0.4) is 0 Å². The topological polar surface area (TPSA) is 140 Å². The highest BCUT2D eigenvalue weighted by molar-refractivity contribution is 7.21. The molecule has 0 saturated carbocycles. The molecule has 11 heteroatoms. The van der Waals surface area contributed by atoms with E-state index in [1.165, 1.54) is 4.68 Å². The van der Waals surface area contributed by atoms with Gasteiger partial charge >= 0.3 is 0 Å². The number of hydroxylamine groups is 1. The summed E-state index contributed by atoms with van der Waals surface area (Å²) in [4.78, 5) is 0. The molecule has 3 rings (SSSR count). The number of aliphatic hydroxyl groups is 3. The molecule has 1 aromatic rings. The lowest BCUT2D eigenvalue weighted by molar-refractivity contribution is -0.541. The molecule has 2 aliphatic heterocycles. The van der Waals surface area contributed by atoms with E-state index in [2.05, 4.69) is 4.75 Å². The van der Waals surface area contributed by atoms with Crippen LogP contribution in [0.25, 0.3) is 0 Å². The fourth-order valence-electron chi connectivity index (χ4n) is 2.28. The highest BCUT2D eigenvalue weighted by Gasteiger charge is 2.45. The van der Waals surface area contributed by atoms with Gasteiger partial charge in [0, 0.05) is 0 Å². The third-order valence-electron chi connectivity index (χ3n) is 3.30. The van der Waals surface area contributed by atoms with E-state index >= 15 is 0 Å². The number of ether oxygens (including phenoxy) is 1. The third-order valence-corrected chi connectivity index (χ3v) is 4.21. The molecule has 10 nitrogen and oxygen atoms in total. The van der Waals surface area contributed by atoms with E-state index in [-0.39, 0.29) is 6.67 Å². The molecule has 1 aromatic heterocycles. The normalized spacial score (nSPS) is 33.6. The number of hydrazone groups is 1. The fourth-order valence-corrected chi connectivity index (χ4v) is 3.20. The van der Waals surface area contributed by atoms with Gasteiger partial charge in [0.15, 0.2) is 17.7 Å². The lowest BCUT2D eigenvalue weighted by Gasteiger charge is -2.19. The van der Waals surface area contributed by atoms with Crippen molar-refractivity contribution in [2.45, 2.75) is 24.5 Å². The Balaban J connectivity index is 1.97. The van der Waals surface area contributed by atoms with Crippen molar-refractivity contribution in [3.63, 3.8) is 0 Å². The van der Waals surface area contributed by atoms with Crippen LogP contribution in [0.2, 0.25) is 0 Å². The van der Waals surface area contributed by atoms with Gasteiger partial charge in [-0.25, -0.2) is 5.84 Å². The number of hydrazine groups is 1. The van der Waals surface area contributed by atoms with E-state index in [9.17, 15) is 15.4 Å². The van der Waals surface area contributed by atoms with Gasteiger partial charge in [0.25, 0.3) is 6.67 Å². The van der Waals surface area contributed by atoms with Gasteiger partial charge in [0.05, 0.1) is 6.61 Å². The summed E-state index contributed by atoms with van der Waals surface area (Å²) in [5, 5.41) is 39.5. The number of nitrogens with zero attached hydrogens (tertiary/aromatic N) is 4. The van der Waals surface area contributed by atoms with Crippen LogP contribution >= 0.6 is 8.51 Å². The number of aliphatic hydroxyl groups excluding tert-OH is 3. The zero-order valence-corrected chi connectivity index (χ0v) is 11.2. The molecule has 2 aliphatic rings. The molecule has 0 aliphatic carbocycles. The minimum Gasteiger partial charge on any atom is -0.394 e. The molecule has 1 fully saturated rings. The van der Waals surface area contributed by atoms with E-state index in [1.54, 1.807) is 10.5 Å². The van der Waals surface area contributed by atoms with Crippen molar-refractivity contribution in [2.24, 2.45) is 5.84 Å². The molecule has 1 saturated heterocycles. The second-order valence-corrected chi connectivity index (χ2v) is 5.47. The van der Waals surface area contributed by atoms with Crippen molar-refractivity contribution >= 4 is 20.5 Å². The molecule has 0 amide bonds. The summed E-state index contributed by atoms with van der Waals surface area (Å²) in [7, 11) is 0.421. The second kappa shape index (κ2) is 4.92. The summed E-state index contributed by atoms with van der Waals surface area (Å²) in [5.41, 5.74) is 0.470. The van der Waals surface area contributed by atoms with E-state index < -0.39 is 31.1 Å². The maximum Gasteiger partial charge on any atom is 0.270 e. The van der Waals surface area contributed by atoms with Crippen molar-refractivity contribution in [1.82, 2.24) is 9.08 Å². The first kappa shape index (κ1) is 13.7. The number of fused-ring (bicyclic) bond motifs is 1. The van der Waals surface area contributed by atoms with Gasteiger partial charge in [-0.2, -0.15) is 9.81 Å².